The van der Waals surface area contributed by atoms with Crippen molar-refractivity contribution in [1.82, 2.24) is 0 Å². The normalized spacial score (nSPS) is 19.0. The Morgan fingerprint density at radius 2 is 2.08 bits per heavy atom. The van der Waals surface area contributed by atoms with E-state index in [1.165, 1.54) is 11.1 Å². The van der Waals surface area contributed by atoms with Crippen LogP contribution >= 0.6 is 0 Å². The van der Waals surface area contributed by atoms with Crippen LogP contribution in [0.15, 0.2) is 30.3 Å². The Balaban J connectivity index is 0.000000845. The molecule has 0 fully saturated rings. The summed E-state index contributed by atoms with van der Waals surface area (Å²) < 4.78 is 5.27. The molecule has 1 nitrogen and oxygen atoms in total. The van der Waals surface area contributed by atoms with Gasteiger partial charge in [-0.05, 0) is 11.1 Å². The molecule has 1 unspecified atom stereocenters. The molecule has 0 N–H and O–H groups in total. The molecule has 0 saturated carbocycles. The second-order valence-electron chi connectivity index (χ2n) is 3.05. The molecule has 0 radical (unpaired) electrons. The van der Waals surface area contributed by atoms with Crippen LogP contribution in [0.4, 0.5) is 0 Å². The fourth-order valence-electron chi connectivity index (χ4n) is 1.65. The van der Waals surface area contributed by atoms with Gasteiger partial charge in [0.05, 0.1) is 0 Å². The van der Waals surface area contributed by atoms with Gasteiger partial charge in [-0.2, -0.15) is 0 Å². The van der Waals surface area contributed by atoms with Gasteiger partial charge in [-0.25, -0.2) is 0 Å². The van der Waals surface area contributed by atoms with Crippen LogP contribution in [-0.4, -0.2) is 46.4 Å². The van der Waals surface area contributed by atoms with Gasteiger partial charge in [-0.15, -0.1) is 0 Å². The number of hydrogen-bond acceptors (Lipinski definition) is 1. The zero-order valence-electron chi connectivity index (χ0n) is 7.16. The Bertz CT molecular complexity index is 312. The van der Waals surface area contributed by atoms with Crippen molar-refractivity contribution in [2.75, 3.05) is 7.11 Å². The van der Waals surface area contributed by atoms with Crippen molar-refractivity contribution in [3.05, 3.63) is 41.5 Å². The second kappa shape index (κ2) is 5.13. The summed E-state index contributed by atoms with van der Waals surface area (Å²) in [5.74, 6) is 0. The summed E-state index contributed by atoms with van der Waals surface area (Å²) in [6.45, 7) is 0. The number of fused-ring (bicyclic) bond motifs is 1. The van der Waals surface area contributed by atoms with E-state index in [1.54, 1.807) is 7.11 Å². The predicted molar refractivity (Wildman–Crippen MR) is 60.9 cm³/mol. The fraction of sp³-hybridized carbons (Fsp3) is 0.200. The molecule has 2 rings (SSSR count). The van der Waals surface area contributed by atoms with E-state index in [0.717, 1.165) is 0 Å². The van der Waals surface area contributed by atoms with Gasteiger partial charge in [0, 0.05) is 12.7 Å². The third-order valence-corrected chi connectivity index (χ3v) is 3.65. The van der Waals surface area contributed by atoms with Gasteiger partial charge in [0.15, 0.2) is 9.76 Å². The molecule has 0 aliphatic heterocycles. The van der Waals surface area contributed by atoms with Crippen LogP contribution in [0.25, 0.3) is 6.08 Å². The van der Waals surface area contributed by atoms with Crippen LogP contribution in [0, 0.1) is 0 Å². The van der Waals surface area contributed by atoms with Crippen LogP contribution in [0.2, 0.25) is 0 Å². The molecule has 1 aliphatic carbocycles. The van der Waals surface area contributed by atoms with Gasteiger partial charge in [-0.3, -0.25) is 0 Å². The third kappa shape index (κ3) is 2.33. The molecule has 0 bridgehead atoms. The van der Waals surface area contributed by atoms with Crippen LogP contribution < -0.4 is 0 Å². The molecule has 0 amide bonds. The molecule has 64 valence electrons. The fourth-order valence-corrected chi connectivity index (χ4v) is 2.81. The maximum atomic E-state index is 5.27. The average Bonchev–Trinajstić information content (AvgIpc) is 2.50. The molecule has 0 spiro atoms. The van der Waals surface area contributed by atoms with Gasteiger partial charge in [0.1, 0.15) is 0 Å². The van der Waals surface area contributed by atoms with E-state index in [1.807, 2.05) is 0 Å². The van der Waals surface area contributed by atoms with E-state index in [0.29, 0.717) is 5.54 Å². The van der Waals surface area contributed by atoms with Gasteiger partial charge in [-0.1, -0.05) is 36.4 Å². The van der Waals surface area contributed by atoms with Gasteiger partial charge in [0.2, 0.25) is 0 Å². The molecule has 13 heavy (non-hydrogen) atoms. The summed E-state index contributed by atoms with van der Waals surface area (Å²) in [6, 6.07) is 8.55. The predicted octanol–water partition coefficient (Wildman–Crippen LogP) is 0.836. The Morgan fingerprint density at radius 1 is 1.31 bits per heavy atom. The first-order chi connectivity index (χ1) is 5.92. The van der Waals surface area contributed by atoms with E-state index in [4.69, 9.17) is 4.43 Å². The van der Waals surface area contributed by atoms with Crippen LogP contribution in [-0.2, 0) is 4.43 Å². The molecular weight excluding hydrogens is 187 g/mol. The van der Waals surface area contributed by atoms with Crippen LogP contribution in [0.3, 0.4) is 0 Å². The number of rotatable bonds is 2. The number of hydrogen-bond donors (Lipinski definition) is 0. The van der Waals surface area contributed by atoms with E-state index < -0.39 is 9.76 Å². The molecule has 3 heteroatoms. The topological polar surface area (TPSA) is 9.23 Å². The van der Waals surface area contributed by atoms with E-state index >= 15 is 0 Å². The van der Waals surface area contributed by atoms with Crippen molar-refractivity contribution >= 4 is 45.4 Å². The summed E-state index contributed by atoms with van der Waals surface area (Å²) in [7, 11) is 1.41. The molecular formula is C10H13NaOSi. The number of allylic oxidation sites excluding steroid dienone is 1. The van der Waals surface area contributed by atoms with Crippen molar-refractivity contribution in [1.29, 1.82) is 0 Å². The molecule has 0 saturated heterocycles. The first kappa shape index (κ1) is 11.2. The van der Waals surface area contributed by atoms with E-state index in [9.17, 15) is 0 Å². The minimum absolute atomic E-state index is 0. The summed E-state index contributed by atoms with van der Waals surface area (Å²) >= 11 is 0. The van der Waals surface area contributed by atoms with Crippen LogP contribution in [0.1, 0.15) is 16.7 Å². The number of benzene rings is 1. The minimum atomic E-state index is -0.397. The van der Waals surface area contributed by atoms with E-state index in [2.05, 4.69) is 36.4 Å². The summed E-state index contributed by atoms with van der Waals surface area (Å²) in [5, 5.41) is 0. The Morgan fingerprint density at radius 3 is 2.85 bits per heavy atom. The molecule has 1 aromatic rings. The summed E-state index contributed by atoms with van der Waals surface area (Å²) in [5.41, 5.74) is 3.42. The van der Waals surface area contributed by atoms with Gasteiger partial charge >= 0.3 is 29.6 Å². The SMILES string of the molecule is CO[SiH2]C1C=Cc2ccccc21.[NaH]. The molecule has 0 heterocycles. The van der Waals surface area contributed by atoms with Crippen molar-refractivity contribution < 1.29 is 4.43 Å². The monoisotopic (exact) mass is 200 g/mol. The first-order valence-corrected chi connectivity index (χ1v) is 5.57. The first-order valence-electron chi connectivity index (χ1n) is 4.18. The second-order valence-corrected chi connectivity index (χ2v) is 4.84. The van der Waals surface area contributed by atoms with Crippen molar-refractivity contribution in [2.24, 2.45) is 0 Å². The summed E-state index contributed by atoms with van der Waals surface area (Å²) in [6.07, 6.45) is 4.46. The third-order valence-electron chi connectivity index (χ3n) is 2.25. The Hall–Kier alpha value is 0.137. The van der Waals surface area contributed by atoms with Gasteiger partial charge in [0.25, 0.3) is 0 Å². The van der Waals surface area contributed by atoms with Crippen molar-refractivity contribution in [3.63, 3.8) is 0 Å². The molecule has 0 aromatic heterocycles. The zero-order chi connectivity index (χ0) is 8.39. The average molecular weight is 200 g/mol. The van der Waals surface area contributed by atoms with Crippen molar-refractivity contribution in [2.45, 2.75) is 5.54 Å². The zero-order valence-corrected chi connectivity index (χ0v) is 8.57. The quantitative estimate of drug-likeness (QED) is 0.643. The standard InChI is InChI=1S/C10H12OSi.Na.H/c1-11-12-10-7-6-8-4-2-3-5-9(8)10;;/h2-7,10H,12H2,1H3;;. The van der Waals surface area contributed by atoms with E-state index in [-0.39, 0.29) is 29.6 Å². The summed E-state index contributed by atoms with van der Waals surface area (Å²) in [4.78, 5) is 0. The molecule has 1 atom stereocenters. The van der Waals surface area contributed by atoms with Crippen LogP contribution in [0.5, 0.6) is 0 Å². The Labute approximate surface area is 103 Å². The Kier molecular flexibility index (Phi) is 4.42. The van der Waals surface area contributed by atoms with Crippen molar-refractivity contribution in [3.8, 4) is 0 Å². The molecule has 1 aromatic carbocycles. The van der Waals surface area contributed by atoms with Gasteiger partial charge < -0.3 is 4.43 Å². The molecule has 1 aliphatic rings. The maximum absolute atomic E-state index is 5.27.